The third-order valence-corrected chi connectivity index (χ3v) is 6.06. The first-order chi connectivity index (χ1) is 11.3. The van der Waals surface area contributed by atoms with Gasteiger partial charge in [-0.25, -0.2) is 8.42 Å². The van der Waals surface area contributed by atoms with Crippen LogP contribution in [0.1, 0.15) is 35.3 Å². The molecule has 0 aliphatic rings. The highest BCUT2D eigenvalue weighted by Gasteiger charge is 2.18. The molecular formula is C19H23NO3S. The molecule has 0 atom stereocenters. The number of hydrogen-bond donors (Lipinski definition) is 1. The molecule has 2 rings (SSSR count). The Balaban J connectivity index is 1.91. The summed E-state index contributed by atoms with van der Waals surface area (Å²) < 4.78 is 24.1. The van der Waals surface area contributed by atoms with Gasteiger partial charge in [0.2, 0.25) is 0 Å². The fourth-order valence-electron chi connectivity index (χ4n) is 2.25. The Labute approximate surface area is 143 Å². The number of benzene rings is 2. The third-order valence-electron chi connectivity index (χ3n) is 3.89. The third kappa shape index (κ3) is 4.45. The van der Waals surface area contributed by atoms with E-state index < -0.39 is 15.1 Å². The number of rotatable bonds is 6. The fraction of sp³-hybridized carbons (Fsp3) is 0.316. The second-order valence-corrected chi connectivity index (χ2v) is 8.61. The van der Waals surface area contributed by atoms with Gasteiger partial charge in [-0.3, -0.25) is 4.79 Å². The molecule has 2 aromatic carbocycles. The second kappa shape index (κ2) is 7.62. The smallest absolute Gasteiger partial charge is 0.251 e. The van der Waals surface area contributed by atoms with Crippen LogP contribution in [0.3, 0.4) is 0 Å². The number of sulfone groups is 1. The van der Waals surface area contributed by atoms with Crippen molar-refractivity contribution in [1.82, 2.24) is 5.32 Å². The van der Waals surface area contributed by atoms with Gasteiger partial charge in [0.1, 0.15) is 0 Å². The molecule has 128 valence electrons. The normalized spacial score (nSPS) is 11.5. The summed E-state index contributed by atoms with van der Waals surface area (Å²) in [6.07, 6.45) is 0.652. The topological polar surface area (TPSA) is 63.2 Å². The molecule has 0 fully saturated rings. The molecule has 5 heteroatoms. The molecule has 0 saturated carbocycles. The molecular weight excluding hydrogens is 322 g/mol. The SMILES string of the molecule is Cc1ccc(C(=O)NCCc2ccc(S(=O)(=O)C(C)C)cc2)cc1. The van der Waals surface area contributed by atoms with Gasteiger partial charge in [-0.2, -0.15) is 0 Å². The number of hydrogen-bond acceptors (Lipinski definition) is 3. The Bertz CT molecular complexity index is 792. The van der Waals surface area contributed by atoms with Crippen molar-refractivity contribution < 1.29 is 13.2 Å². The minimum atomic E-state index is -3.24. The van der Waals surface area contributed by atoms with Crippen LogP contribution >= 0.6 is 0 Å². The maximum Gasteiger partial charge on any atom is 0.251 e. The minimum Gasteiger partial charge on any atom is -0.352 e. The van der Waals surface area contributed by atoms with Crippen molar-refractivity contribution in [2.24, 2.45) is 0 Å². The summed E-state index contributed by atoms with van der Waals surface area (Å²) in [6.45, 7) is 5.82. The van der Waals surface area contributed by atoms with Crippen molar-refractivity contribution in [1.29, 1.82) is 0 Å². The van der Waals surface area contributed by atoms with Gasteiger partial charge in [-0.1, -0.05) is 29.8 Å². The van der Waals surface area contributed by atoms with Gasteiger partial charge in [-0.15, -0.1) is 0 Å². The molecule has 0 heterocycles. The molecule has 2 aromatic rings. The van der Waals surface area contributed by atoms with E-state index in [2.05, 4.69) is 5.32 Å². The van der Waals surface area contributed by atoms with E-state index in [-0.39, 0.29) is 5.91 Å². The molecule has 4 nitrogen and oxygen atoms in total. The van der Waals surface area contributed by atoms with Crippen LogP contribution < -0.4 is 5.32 Å². The first kappa shape index (κ1) is 18.2. The molecule has 0 bridgehead atoms. The highest BCUT2D eigenvalue weighted by molar-refractivity contribution is 7.92. The van der Waals surface area contributed by atoms with E-state index in [1.54, 1.807) is 50.2 Å². The molecule has 0 spiro atoms. The van der Waals surface area contributed by atoms with Gasteiger partial charge in [0, 0.05) is 12.1 Å². The summed E-state index contributed by atoms with van der Waals surface area (Å²) in [5.41, 5.74) is 2.74. The van der Waals surface area contributed by atoms with E-state index in [0.717, 1.165) is 11.1 Å². The van der Waals surface area contributed by atoms with Crippen LogP contribution in [0.4, 0.5) is 0 Å². The Kier molecular flexibility index (Phi) is 5.78. The highest BCUT2D eigenvalue weighted by atomic mass is 32.2. The molecule has 0 aromatic heterocycles. The summed E-state index contributed by atoms with van der Waals surface area (Å²) in [7, 11) is -3.24. The quantitative estimate of drug-likeness (QED) is 0.875. The molecule has 24 heavy (non-hydrogen) atoms. The lowest BCUT2D eigenvalue weighted by Crippen LogP contribution is -2.25. The summed E-state index contributed by atoms with van der Waals surface area (Å²) >= 11 is 0. The van der Waals surface area contributed by atoms with Crippen LogP contribution in [0.15, 0.2) is 53.4 Å². The van der Waals surface area contributed by atoms with Crippen LogP contribution in [0.2, 0.25) is 0 Å². The zero-order valence-electron chi connectivity index (χ0n) is 14.2. The molecule has 0 aliphatic heterocycles. The zero-order chi connectivity index (χ0) is 17.7. The van der Waals surface area contributed by atoms with Crippen LogP contribution in [0.25, 0.3) is 0 Å². The van der Waals surface area contributed by atoms with E-state index in [1.165, 1.54) is 0 Å². The number of amides is 1. The number of carbonyl (C=O) groups is 1. The predicted octanol–water partition coefficient (Wildman–Crippen LogP) is 3.15. The van der Waals surface area contributed by atoms with Crippen molar-refractivity contribution in [3.8, 4) is 0 Å². The maximum absolute atomic E-state index is 12.1. The monoisotopic (exact) mass is 345 g/mol. The van der Waals surface area contributed by atoms with Crippen molar-refractivity contribution in [2.45, 2.75) is 37.3 Å². The summed E-state index contributed by atoms with van der Waals surface area (Å²) in [5.74, 6) is -0.103. The van der Waals surface area contributed by atoms with Gasteiger partial charge in [-0.05, 0) is 57.0 Å². The van der Waals surface area contributed by atoms with Crippen molar-refractivity contribution >= 4 is 15.7 Å². The number of nitrogens with one attached hydrogen (secondary N) is 1. The minimum absolute atomic E-state index is 0.103. The van der Waals surface area contributed by atoms with Crippen molar-refractivity contribution in [2.75, 3.05) is 6.54 Å². The van der Waals surface area contributed by atoms with Crippen LogP contribution in [0.5, 0.6) is 0 Å². The van der Waals surface area contributed by atoms with E-state index >= 15 is 0 Å². The van der Waals surface area contributed by atoms with Crippen LogP contribution in [0, 0.1) is 6.92 Å². The van der Waals surface area contributed by atoms with Crippen LogP contribution in [-0.4, -0.2) is 26.1 Å². The summed E-state index contributed by atoms with van der Waals surface area (Å²) in [5, 5.41) is 2.44. The van der Waals surface area contributed by atoms with Crippen LogP contribution in [-0.2, 0) is 16.3 Å². The fourth-order valence-corrected chi connectivity index (χ4v) is 3.31. The first-order valence-electron chi connectivity index (χ1n) is 7.98. The van der Waals surface area contributed by atoms with E-state index in [0.29, 0.717) is 23.4 Å². The highest BCUT2D eigenvalue weighted by Crippen LogP contribution is 2.16. The van der Waals surface area contributed by atoms with E-state index in [1.807, 2.05) is 19.1 Å². The standard InChI is InChI=1S/C19H23NO3S/c1-14(2)24(22,23)18-10-6-16(7-11-18)12-13-20-19(21)17-8-4-15(3)5-9-17/h4-11,14H,12-13H2,1-3H3,(H,20,21). The van der Waals surface area contributed by atoms with Crippen molar-refractivity contribution in [3.05, 3.63) is 65.2 Å². The predicted molar refractivity (Wildman–Crippen MR) is 96.0 cm³/mol. The molecule has 0 aliphatic carbocycles. The Morgan fingerprint density at radius 1 is 1.00 bits per heavy atom. The van der Waals surface area contributed by atoms with Gasteiger partial charge >= 0.3 is 0 Å². The molecule has 0 radical (unpaired) electrons. The lowest BCUT2D eigenvalue weighted by molar-refractivity contribution is 0.0954. The first-order valence-corrected chi connectivity index (χ1v) is 9.53. The zero-order valence-corrected chi connectivity index (χ0v) is 15.1. The molecule has 1 amide bonds. The Morgan fingerprint density at radius 2 is 1.58 bits per heavy atom. The largest absolute Gasteiger partial charge is 0.352 e. The average molecular weight is 345 g/mol. The van der Waals surface area contributed by atoms with Gasteiger partial charge in [0.25, 0.3) is 5.91 Å². The van der Waals surface area contributed by atoms with Gasteiger partial charge < -0.3 is 5.32 Å². The van der Waals surface area contributed by atoms with E-state index in [4.69, 9.17) is 0 Å². The summed E-state index contributed by atoms with van der Waals surface area (Å²) in [4.78, 5) is 12.4. The molecule has 1 N–H and O–H groups in total. The Morgan fingerprint density at radius 3 is 2.12 bits per heavy atom. The van der Waals surface area contributed by atoms with Crippen molar-refractivity contribution in [3.63, 3.8) is 0 Å². The lowest BCUT2D eigenvalue weighted by Gasteiger charge is -2.09. The van der Waals surface area contributed by atoms with Gasteiger partial charge in [0.15, 0.2) is 9.84 Å². The second-order valence-electron chi connectivity index (χ2n) is 6.11. The van der Waals surface area contributed by atoms with Gasteiger partial charge in [0.05, 0.1) is 10.1 Å². The lowest BCUT2D eigenvalue weighted by atomic mass is 10.1. The maximum atomic E-state index is 12.1. The summed E-state index contributed by atoms with van der Waals surface area (Å²) in [6, 6.07) is 14.3. The number of aryl methyl sites for hydroxylation is 1. The van der Waals surface area contributed by atoms with E-state index in [9.17, 15) is 13.2 Å². The molecule has 0 saturated heterocycles. The number of carbonyl (C=O) groups excluding carboxylic acids is 1. The molecule has 0 unspecified atom stereocenters. The average Bonchev–Trinajstić information content (AvgIpc) is 2.55. The Hall–Kier alpha value is -2.14.